The number of hydrogen-bond donors (Lipinski definition) is 2. The highest BCUT2D eigenvalue weighted by Gasteiger charge is 2.47. The van der Waals surface area contributed by atoms with Gasteiger partial charge < -0.3 is 15.5 Å². The van der Waals surface area contributed by atoms with E-state index in [1.807, 2.05) is 37.3 Å². The average Bonchev–Trinajstić information content (AvgIpc) is 3.05. The van der Waals surface area contributed by atoms with Crippen LogP contribution in [0.5, 0.6) is 0 Å². The van der Waals surface area contributed by atoms with Crippen molar-refractivity contribution in [2.45, 2.75) is 45.1 Å². The number of nitrogens with zero attached hydrogens (tertiary/aromatic N) is 1. The third kappa shape index (κ3) is 3.93. The molecule has 0 aromatic heterocycles. The van der Waals surface area contributed by atoms with Crippen molar-refractivity contribution < 1.29 is 14.4 Å². The Kier molecular flexibility index (Phi) is 5.95. The fourth-order valence-corrected chi connectivity index (χ4v) is 3.36. The van der Waals surface area contributed by atoms with Gasteiger partial charge >= 0.3 is 0 Å². The molecule has 0 spiro atoms. The van der Waals surface area contributed by atoms with E-state index in [-0.39, 0.29) is 24.3 Å². The van der Waals surface area contributed by atoms with Gasteiger partial charge in [0.1, 0.15) is 5.54 Å². The maximum atomic E-state index is 13.0. The Morgan fingerprint density at radius 1 is 1.12 bits per heavy atom. The maximum absolute atomic E-state index is 13.0. The summed E-state index contributed by atoms with van der Waals surface area (Å²) < 4.78 is 0. The first kappa shape index (κ1) is 18.0. The molecule has 1 aliphatic rings. The lowest BCUT2D eigenvalue weighted by atomic mass is 9.93. The monoisotopic (exact) mass is 331 g/mol. The zero-order valence-electron chi connectivity index (χ0n) is 14.3. The van der Waals surface area contributed by atoms with Gasteiger partial charge in [-0.3, -0.25) is 14.4 Å². The zero-order chi connectivity index (χ0) is 17.6. The molecule has 1 aromatic rings. The average molecular weight is 331 g/mol. The van der Waals surface area contributed by atoms with Crippen LogP contribution >= 0.6 is 0 Å². The van der Waals surface area contributed by atoms with E-state index < -0.39 is 5.54 Å². The number of rotatable bonds is 6. The first-order chi connectivity index (χ1) is 11.5. The summed E-state index contributed by atoms with van der Waals surface area (Å²) in [5, 5.41) is 5.47. The Balaban J connectivity index is 2.19. The molecule has 130 valence electrons. The van der Waals surface area contributed by atoms with Crippen molar-refractivity contribution in [3.8, 4) is 0 Å². The number of hydrogen-bond acceptors (Lipinski definition) is 3. The third-order valence-electron chi connectivity index (χ3n) is 4.51. The molecule has 3 amide bonds. The highest BCUT2D eigenvalue weighted by molar-refractivity contribution is 6.01. The molecule has 24 heavy (non-hydrogen) atoms. The first-order valence-electron chi connectivity index (χ1n) is 8.41. The van der Waals surface area contributed by atoms with Gasteiger partial charge in [-0.1, -0.05) is 31.0 Å². The van der Waals surface area contributed by atoms with E-state index in [1.54, 1.807) is 4.90 Å². The fraction of sp³-hybridized carbons (Fsp3) is 0.500. The molecule has 6 nitrogen and oxygen atoms in total. The number of para-hydroxylation sites is 1. The largest absolute Gasteiger partial charge is 0.347 e. The second kappa shape index (κ2) is 7.95. The minimum Gasteiger partial charge on any atom is -0.347 e. The van der Waals surface area contributed by atoms with Gasteiger partial charge in [-0.15, -0.1) is 0 Å². The van der Waals surface area contributed by atoms with Crippen LogP contribution in [-0.4, -0.2) is 41.2 Å². The van der Waals surface area contributed by atoms with Gasteiger partial charge in [-0.05, 0) is 31.9 Å². The molecule has 0 unspecified atom stereocenters. The molecule has 2 rings (SSSR count). The molecular weight excluding hydrogens is 306 g/mol. The quantitative estimate of drug-likeness (QED) is 0.836. The summed E-state index contributed by atoms with van der Waals surface area (Å²) in [4.78, 5) is 38.2. The van der Waals surface area contributed by atoms with Gasteiger partial charge in [0.15, 0.2) is 0 Å². The summed E-state index contributed by atoms with van der Waals surface area (Å²) in [5.74, 6) is -0.629. The standard InChI is InChI=1S/C18H25N3O3/c1-3-21(16(23)13-19-14(2)22)18(11-7-8-12-18)17(24)20-15-9-5-4-6-10-15/h4-6,9-10H,3,7-8,11-13H2,1-2H3,(H,19,22)(H,20,24). The summed E-state index contributed by atoms with van der Waals surface area (Å²) in [6, 6.07) is 9.26. The molecule has 1 aromatic carbocycles. The van der Waals surface area contributed by atoms with Crippen LogP contribution in [0.15, 0.2) is 30.3 Å². The van der Waals surface area contributed by atoms with Crippen molar-refractivity contribution in [1.29, 1.82) is 0 Å². The van der Waals surface area contributed by atoms with Gasteiger partial charge in [0.25, 0.3) is 0 Å². The van der Waals surface area contributed by atoms with Gasteiger partial charge in [0.05, 0.1) is 6.54 Å². The Hall–Kier alpha value is -2.37. The normalized spacial score (nSPS) is 15.6. The number of carbonyl (C=O) groups is 3. The molecule has 0 heterocycles. The number of anilines is 1. The number of carbonyl (C=O) groups excluding carboxylic acids is 3. The molecule has 0 saturated heterocycles. The predicted molar refractivity (Wildman–Crippen MR) is 92.3 cm³/mol. The number of amides is 3. The summed E-state index contributed by atoms with van der Waals surface area (Å²) >= 11 is 0. The molecule has 1 saturated carbocycles. The lowest BCUT2D eigenvalue weighted by Crippen LogP contribution is -2.59. The second-order valence-electron chi connectivity index (χ2n) is 6.11. The van der Waals surface area contributed by atoms with E-state index >= 15 is 0 Å². The zero-order valence-corrected chi connectivity index (χ0v) is 14.3. The van der Waals surface area contributed by atoms with Gasteiger partial charge in [-0.25, -0.2) is 0 Å². The SMILES string of the molecule is CCN(C(=O)CNC(C)=O)C1(C(=O)Nc2ccccc2)CCCC1. The highest BCUT2D eigenvalue weighted by Crippen LogP contribution is 2.36. The van der Waals surface area contributed by atoms with E-state index in [0.717, 1.165) is 18.5 Å². The molecule has 0 radical (unpaired) electrons. The van der Waals surface area contributed by atoms with E-state index in [9.17, 15) is 14.4 Å². The first-order valence-corrected chi connectivity index (χ1v) is 8.41. The van der Waals surface area contributed by atoms with Gasteiger partial charge in [0, 0.05) is 19.2 Å². The molecule has 1 fully saturated rings. The fourth-order valence-electron chi connectivity index (χ4n) is 3.36. The van der Waals surface area contributed by atoms with E-state index in [4.69, 9.17) is 0 Å². The van der Waals surface area contributed by atoms with E-state index in [1.165, 1.54) is 6.92 Å². The Morgan fingerprint density at radius 2 is 1.75 bits per heavy atom. The lowest BCUT2D eigenvalue weighted by molar-refractivity contribution is -0.145. The minimum absolute atomic E-state index is 0.0798. The van der Waals surface area contributed by atoms with Crippen LogP contribution in [0.1, 0.15) is 39.5 Å². The molecule has 0 bridgehead atoms. The second-order valence-corrected chi connectivity index (χ2v) is 6.11. The van der Waals surface area contributed by atoms with E-state index in [2.05, 4.69) is 10.6 Å². The number of nitrogens with one attached hydrogen (secondary N) is 2. The molecule has 0 aliphatic heterocycles. The smallest absolute Gasteiger partial charge is 0.250 e. The van der Waals surface area contributed by atoms with E-state index in [0.29, 0.717) is 19.4 Å². The van der Waals surface area contributed by atoms with Gasteiger partial charge in [0.2, 0.25) is 17.7 Å². The van der Waals surface area contributed by atoms with Gasteiger partial charge in [-0.2, -0.15) is 0 Å². The minimum atomic E-state index is -0.833. The van der Waals surface area contributed by atoms with Crippen molar-refractivity contribution in [2.24, 2.45) is 0 Å². The van der Waals surface area contributed by atoms with Crippen molar-refractivity contribution in [1.82, 2.24) is 10.2 Å². The summed E-state index contributed by atoms with van der Waals surface area (Å²) in [7, 11) is 0. The van der Waals surface area contributed by atoms with Crippen molar-refractivity contribution >= 4 is 23.4 Å². The van der Waals surface area contributed by atoms with Crippen LogP contribution in [-0.2, 0) is 14.4 Å². The van der Waals surface area contributed by atoms with Crippen LogP contribution in [0, 0.1) is 0 Å². The number of likely N-dealkylation sites (N-methyl/N-ethyl adjacent to an activating group) is 1. The predicted octanol–water partition coefficient (Wildman–Crippen LogP) is 1.92. The Morgan fingerprint density at radius 3 is 2.29 bits per heavy atom. The van der Waals surface area contributed by atoms with Crippen LogP contribution in [0.25, 0.3) is 0 Å². The Labute approximate surface area is 142 Å². The van der Waals surface area contributed by atoms with Crippen LogP contribution < -0.4 is 10.6 Å². The summed E-state index contributed by atoms with van der Waals surface area (Å²) in [6.07, 6.45) is 3.11. The number of benzene rings is 1. The molecular formula is C18H25N3O3. The third-order valence-corrected chi connectivity index (χ3v) is 4.51. The maximum Gasteiger partial charge on any atom is 0.250 e. The van der Waals surface area contributed by atoms with Crippen molar-refractivity contribution in [2.75, 3.05) is 18.4 Å². The van der Waals surface area contributed by atoms with Crippen molar-refractivity contribution in [3.63, 3.8) is 0 Å². The molecule has 6 heteroatoms. The topological polar surface area (TPSA) is 78.5 Å². The molecule has 2 N–H and O–H groups in total. The van der Waals surface area contributed by atoms with Crippen LogP contribution in [0.3, 0.4) is 0 Å². The molecule has 0 atom stereocenters. The highest BCUT2D eigenvalue weighted by atomic mass is 16.2. The summed E-state index contributed by atoms with van der Waals surface area (Å²) in [5.41, 5.74) is -0.112. The Bertz CT molecular complexity index is 595. The summed E-state index contributed by atoms with van der Waals surface area (Å²) in [6.45, 7) is 3.59. The van der Waals surface area contributed by atoms with Crippen molar-refractivity contribution in [3.05, 3.63) is 30.3 Å². The molecule has 1 aliphatic carbocycles. The lowest BCUT2D eigenvalue weighted by Gasteiger charge is -2.39. The van der Waals surface area contributed by atoms with Crippen LogP contribution in [0.2, 0.25) is 0 Å². The van der Waals surface area contributed by atoms with Crippen LogP contribution in [0.4, 0.5) is 5.69 Å².